The van der Waals surface area contributed by atoms with Crippen molar-refractivity contribution in [1.82, 2.24) is 4.98 Å². The highest BCUT2D eigenvalue weighted by Crippen LogP contribution is 2.35. The number of hydrogen-bond donors (Lipinski definition) is 1. The molecule has 1 aliphatic heterocycles. The summed E-state index contributed by atoms with van der Waals surface area (Å²) in [7, 11) is 0. The molecule has 0 amide bonds. The first kappa shape index (κ1) is 12.1. The minimum Gasteiger partial charge on any atom is -0.320 e. The second kappa shape index (κ2) is 4.99. The van der Waals surface area contributed by atoms with Crippen molar-refractivity contribution in [2.45, 2.75) is 18.2 Å². The second-order valence-electron chi connectivity index (χ2n) is 4.31. The number of aromatic nitrogens is 1. The van der Waals surface area contributed by atoms with Crippen LogP contribution in [0.5, 0.6) is 0 Å². The average molecular weight is 280 g/mol. The molecule has 0 saturated carbocycles. The summed E-state index contributed by atoms with van der Waals surface area (Å²) in [6.07, 6.45) is 3.96. The zero-order valence-corrected chi connectivity index (χ0v) is 11.4. The number of aryl methyl sites for hydroxylation is 1. The van der Waals surface area contributed by atoms with Gasteiger partial charge in [0.05, 0.1) is 12.2 Å². The molecular weight excluding hydrogens is 267 g/mol. The molecule has 0 saturated heterocycles. The van der Waals surface area contributed by atoms with Crippen molar-refractivity contribution in [2.24, 2.45) is 5.73 Å². The molecule has 3 heterocycles. The van der Waals surface area contributed by atoms with E-state index in [2.05, 4.69) is 11.1 Å². The van der Waals surface area contributed by atoms with Gasteiger partial charge in [0.15, 0.2) is 0 Å². The van der Waals surface area contributed by atoms with Crippen LogP contribution in [0.25, 0.3) is 0 Å². The molecule has 3 rings (SSSR count). The smallest absolute Gasteiger partial charge is 0.141 e. The lowest BCUT2D eigenvalue weighted by molar-refractivity contribution is 0.616. The fourth-order valence-corrected chi connectivity index (χ4v) is 4.49. The van der Waals surface area contributed by atoms with Crippen LogP contribution in [0.15, 0.2) is 24.5 Å². The summed E-state index contributed by atoms with van der Waals surface area (Å²) < 4.78 is 13.2. The van der Waals surface area contributed by atoms with Gasteiger partial charge in [-0.05, 0) is 35.4 Å². The molecule has 1 aliphatic rings. The Kier molecular flexibility index (Phi) is 3.37. The van der Waals surface area contributed by atoms with E-state index >= 15 is 0 Å². The summed E-state index contributed by atoms with van der Waals surface area (Å²) in [5, 5.41) is 0. The Morgan fingerprint density at radius 2 is 2.22 bits per heavy atom. The quantitative estimate of drug-likeness (QED) is 0.918. The highest BCUT2D eigenvalue weighted by Gasteiger charge is 2.18. The number of thiophene rings is 1. The van der Waals surface area contributed by atoms with Gasteiger partial charge in [-0.25, -0.2) is 4.39 Å². The monoisotopic (exact) mass is 280 g/mol. The topological polar surface area (TPSA) is 38.9 Å². The molecular formula is C13H13FN2S2. The van der Waals surface area contributed by atoms with Gasteiger partial charge < -0.3 is 5.73 Å². The average Bonchev–Trinajstić information content (AvgIpc) is 2.81. The van der Waals surface area contributed by atoms with Gasteiger partial charge in [0.25, 0.3) is 0 Å². The normalized spacial score (nSPS) is 16.3. The molecule has 5 heteroatoms. The van der Waals surface area contributed by atoms with E-state index in [4.69, 9.17) is 5.73 Å². The fraction of sp³-hybridized carbons (Fsp3) is 0.308. The standard InChI is InChI=1S/C13H13FN2S2/c14-10-3-8(5-16-6-10)13(15)12-4-9-7-17-2-1-11(9)18-12/h3-6,13H,1-2,7,15H2. The number of thioether (sulfide) groups is 1. The lowest BCUT2D eigenvalue weighted by atomic mass is 10.1. The van der Waals surface area contributed by atoms with Crippen molar-refractivity contribution in [2.75, 3.05) is 5.75 Å². The Bertz CT molecular complexity index is 544. The number of pyridine rings is 1. The first-order chi connectivity index (χ1) is 8.74. The zero-order valence-electron chi connectivity index (χ0n) is 9.73. The molecule has 1 atom stereocenters. The first-order valence-electron chi connectivity index (χ1n) is 5.79. The van der Waals surface area contributed by atoms with Gasteiger partial charge in [-0.15, -0.1) is 11.3 Å². The third-order valence-electron chi connectivity index (χ3n) is 3.04. The maximum atomic E-state index is 13.2. The summed E-state index contributed by atoms with van der Waals surface area (Å²) in [4.78, 5) is 6.40. The predicted molar refractivity (Wildman–Crippen MR) is 74.4 cm³/mol. The van der Waals surface area contributed by atoms with Crippen molar-refractivity contribution in [1.29, 1.82) is 0 Å². The van der Waals surface area contributed by atoms with Gasteiger partial charge in [-0.1, -0.05) is 0 Å². The third-order valence-corrected chi connectivity index (χ3v) is 5.37. The van der Waals surface area contributed by atoms with Crippen molar-refractivity contribution in [3.05, 3.63) is 51.2 Å². The maximum absolute atomic E-state index is 13.2. The third kappa shape index (κ3) is 2.30. The maximum Gasteiger partial charge on any atom is 0.141 e. The Hall–Kier alpha value is -0.910. The molecule has 2 aromatic heterocycles. The van der Waals surface area contributed by atoms with Crippen LogP contribution in [0.2, 0.25) is 0 Å². The lowest BCUT2D eigenvalue weighted by Gasteiger charge is -2.09. The van der Waals surface area contributed by atoms with E-state index in [-0.39, 0.29) is 11.9 Å². The minimum absolute atomic E-state index is 0.270. The molecule has 2 aromatic rings. The molecule has 0 spiro atoms. The molecule has 0 radical (unpaired) electrons. The van der Waals surface area contributed by atoms with Crippen LogP contribution in [0, 0.1) is 5.82 Å². The van der Waals surface area contributed by atoms with Gasteiger partial charge in [0, 0.05) is 21.7 Å². The molecule has 94 valence electrons. The van der Waals surface area contributed by atoms with Crippen LogP contribution in [0.1, 0.15) is 26.9 Å². The Morgan fingerprint density at radius 3 is 3.00 bits per heavy atom. The SMILES string of the molecule is NC(c1cncc(F)c1)c1cc2c(s1)CCSC2. The van der Waals surface area contributed by atoms with Crippen molar-refractivity contribution in [3.63, 3.8) is 0 Å². The van der Waals surface area contributed by atoms with E-state index in [1.165, 1.54) is 28.5 Å². The molecule has 18 heavy (non-hydrogen) atoms. The largest absolute Gasteiger partial charge is 0.320 e. The number of nitrogens with two attached hydrogens (primary N) is 1. The summed E-state index contributed by atoms with van der Waals surface area (Å²) >= 11 is 3.71. The van der Waals surface area contributed by atoms with Crippen LogP contribution in [-0.4, -0.2) is 10.7 Å². The summed E-state index contributed by atoms with van der Waals surface area (Å²) in [5.41, 5.74) is 8.33. The summed E-state index contributed by atoms with van der Waals surface area (Å²) in [6.45, 7) is 0. The molecule has 2 N–H and O–H groups in total. The van der Waals surface area contributed by atoms with Gasteiger partial charge in [0.1, 0.15) is 5.82 Å². The van der Waals surface area contributed by atoms with Gasteiger partial charge in [-0.2, -0.15) is 11.8 Å². The highest BCUT2D eigenvalue weighted by molar-refractivity contribution is 7.98. The molecule has 0 bridgehead atoms. The van der Waals surface area contributed by atoms with E-state index in [0.29, 0.717) is 0 Å². The number of hydrogen-bond acceptors (Lipinski definition) is 4. The van der Waals surface area contributed by atoms with E-state index in [0.717, 1.165) is 22.6 Å². The summed E-state index contributed by atoms with van der Waals surface area (Å²) in [5.74, 6) is 1.92. The van der Waals surface area contributed by atoms with Crippen LogP contribution < -0.4 is 5.73 Å². The molecule has 0 aliphatic carbocycles. The predicted octanol–water partition coefficient (Wildman–Crippen LogP) is 3.12. The number of nitrogens with zero attached hydrogens (tertiary/aromatic N) is 1. The van der Waals surface area contributed by atoms with Gasteiger partial charge in [-0.3, -0.25) is 4.98 Å². The molecule has 0 aromatic carbocycles. The van der Waals surface area contributed by atoms with E-state index in [9.17, 15) is 4.39 Å². The van der Waals surface area contributed by atoms with Crippen molar-refractivity contribution in [3.8, 4) is 0 Å². The van der Waals surface area contributed by atoms with E-state index < -0.39 is 0 Å². The fourth-order valence-electron chi connectivity index (χ4n) is 2.09. The van der Waals surface area contributed by atoms with Crippen LogP contribution in [0.3, 0.4) is 0 Å². The molecule has 0 fully saturated rings. The Balaban J connectivity index is 1.92. The van der Waals surface area contributed by atoms with E-state index in [1.54, 1.807) is 17.5 Å². The van der Waals surface area contributed by atoms with Gasteiger partial charge >= 0.3 is 0 Å². The van der Waals surface area contributed by atoms with E-state index in [1.807, 2.05) is 11.8 Å². The van der Waals surface area contributed by atoms with Gasteiger partial charge in [0.2, 0.25) is 0 Å². The Morgan fingerprint density at radius 1 is 1.33 bits per heavy atom. The number of halogens is 1. The van der Waals surface area contributed by atoms with Crippen molar-refractivity contribution >= 4 is 23.1 Å². The van der Waals surface area contributed by atoms with Crippen LogP contribution in [0.4, 0.5) is 4.39 Å². The van der Waals surface area contributed by atoms with Crippen LogP contribution >= 0.6 is 23.1 Å². The first-order valence-corrected chi connectivity index (χ1v) is 7.76. The number of rotatable bonds is 2. The Labute approximate surface area is 113 Å². The number of fused-ring (bicyclic) bond motifs is 1. The zero-order chi connectivity index (χ0) is 12.5. The van der Waals surface area contributed by atoms with Crippen LogP contribution in [-0.2, 0) is 12.2 Å². The molecule has 1 unspecified atom stereocenters. The highest BCUT2D eigenvalue weighted by atomic mass is 32.2. The second-order valence-corrected chi connectivity index (χ2v) is 6.59. The lowest BCUT2D eigenvalue weighted by Crippen LogP contribution is -2.10. The van der Waals surface area contributed by atoms with Crippen molar-refractivity contribution < 1.29 is 4.39 Å². The molecule has 2 nitrogen and oxygen atoms in total. The summed E-state index contributed by atoms with van der Waals surface area (Å²) in [6, 6.07) is 3.36. The minimum atomic E-state index is -0.333.